The van der Waals surface area contributed by atoms with Crippen molar-refractivity contribution in [2.45, 2.75) is 39.3 Å². The summed E-state index contributed by atoms with van der Waals surface area (Å²) >= 11 is 1.43. The van der Waals surface area contributed by atoms with Crippen LogP contribution in [0.5, 0.6) is 0 Å². The van der Waals surface area contributed by atoms with Gasteiger partial charge in [-0.3, -0.25) is 0 Å². The third-order valence-electron chi connectivity index (χ3n) is 2.92. The summed E-state index contributed by atoms with van der Waals surface area (Å²) in [5.74, 6) is 0. The third kappa shape index (κ3) is 1.74. The predicted octanol–water partition coefficient (Wildman–Crippen LogP) is 1.63. The summed E-state index contributed by atoms with van der Waals surface area (Å²) in [6, 6.07) is 0.502. The van der Waals surface area contributed by atoms with Crippen molar-refractivity contribution in [3.8, 4) is 0 Å². The maximum Gasteiger partial charge on any atom is 0.205 e. The number of nitrogens with one attached hydrogen (secondary N) is 1. The van der Waals surface area contributed by atoms with E-state index in [4.69, 9.17) is 5.11 Å². The molecule has 1 saturated carbocycles. The number of aliphatic hydroxyl groups is 1. The van der Waals surface area contributed by atoms with Crippen LogP contribution in [0.1, 0.15) is 31.7 Å². The van der Waals surface area contributed by atoms with E-state index >= 15 is 0 Å². The van der Waals surface area contributed by atoms with E-state index in [2.05, 4.69) is 29.4 Å². The summed E-state index contributed by atoms with van der Waals surface area (Å²) in [7, 11) is 0. The molecular weight excluding hydrogens is 198 g/mol. The molecule has 5 heteroatoms. The Morgan fingerprint density at radius 3 is 2.79 bits per heavy atom. The molecule has 78 valence electrons. The highest BCUT2D eigenvalue weighted by Crippen LogP contribution is 2.42. The molecule has 1 aliphatic rings. The smallest absolute Gasteiger partial charge is 0.205 e. The van der Waals surface area contributed by atoms with Crippen LogP contribution >= 0.6 is 11.3 Å². The fourth-order valence-corrected chi connectivity index (χ4v) is 2.31. The minimum Gasteiger partial charge on any atom is -0.389 e. The molecule has 1 aromatic heterocycles. The molecule has 0 saturated heterocycles. The molecule has 1 fully saturated rings. The maximum atomic E-state index is 8.84. The van der Waals surface area contributed by atoms with Crippen LogP contribution in [0, 0.1) is 5.41 Å². The number of anilines is 1. The van der Waals surface area contributed by atoms with Gasteiger partial charge in [0.1, 0.15) is 5.01 Å². The van der Waals surface area contributed by atoms with Crippen molar-refractivity contribution in [3.05, 3.63) is 5.01 Å². The van der Waals surface area contributed by atoms with E-state index < -0.39 is 0 Å². The zero-order valence-electron chi connectivity index (χ0n) is 8.45. The lowest BCUT2D eigenvalue weighted by molar-refractivity contribution is 0.160. The molecule has 4 nitrogen and oxygen atoms in total. The van der Waals surface area contributed by atoms with E-state index in [1.54, 1.807) is 0 Å². The van der Waals surface area contributed by atoms with Gasteiger partial charge in [0.25, 0.3) is 0 Å². The zero-order chi connectivity index (χ0) is 10.2. The van der Waals surface area contributed by atoms with Crippen molar-refractivity contribution in [2.75, 3.05) is 5.32 Å². The summed E-state index contributed by atoms with van der Waals surface area (Å²) < 4.78 is 0. The van der Waals surface area contributed by atoms with Crippen LogP contribution in [0.25, 0.3) is 0 Å². The highest BCUT2D eigenvalue weighted by molar-refractivity contribution is 7.15. The van der Waals surface area contributed by atoms with Gasteiger partial charge in [-0.1, -0.05) is 25.2 Å². The van der Waals surface area contributed by atoms with Gasteiger partial charge in [0.2, 0.25) is 5.13 Å². The van der Waals surface area contributed by atoms with E-state index in [0.29, 0.717) is 16.5 Å². The Bertz CT molecular complexity index is 324. The Morgan fingerprint density at radius 2 is 2.36 bits per heavy atom. The van der Waals surface area contributed by atoms with Crippen molar-refractivity contribution < 1.29 is 5.11 Å². The van der Waals surface area contributed by atoms with Crippen molar-refractivity contribution in [1.29, 1.82) is 0 Å². The summed E-state index contributed by atoms with van der Waals surface area (Å²) in [5, 5.41) is 21.5. The molecule has 1 aromatic rings. The lowest BCUT2D eigenvalue weighted by atomic mass is 9.67. The molecule has 1 aliphatic carbocycles. The number of hydrogen-bond acceptors (Lipinski definition) is 5. The van der Waals surface area contributed by atoms with E-state index in [-0.39, 0.29) is 6.61 Å². The molecule has 0 amide bonds. The average molecular weight is 213 g/mol. The molecule has 0 bridgehead atoms. The molecule has 1 atom stereocenters. The van der Waals surface area contributed by atoms with Crippen LogP contribution < -0.4 is 5.32 Å². The first-order valence-electron chi connectivity index (χ1n) is 4.81. The second-order valence-electron chi connectivity index (χ2n) is 4.38. The Labute approximate surface area is 87.4 Å². The van der Waals surface area contributed by atoms with E-state index in [0.717, 1.165) is 5.13 Å². The number of aromatic nitrogens is 2. The minimum absolute atomic E-state index is 0.0204. The number of rotatable bonds is 3. The Hall–Kier alpha value is -0.680. The maximum absolute atomic E-state index is 8.84. The Morgan fingerprint density at radius 1 is 1.57 bits per heavy atom. The normalized spacial score (nSPS) is 24.4. The van der Waals surface area contributed by atoms with Gasteiger partial charge in [-0.15, -0.1) is 10.2 Å². The lowest BCUT2D eigenvalue weighted by Crippen LogP contribution is -2.45. The summed E-state index contributed by atoms with van der Waals surface area (Å²) in [6.07, 6.45) is 2.46. The second kappa shape index (κ2) is 3.47. The van der Waals surface area contributed by atoms with Crippen LogP contribution in [0.2, 0.25) is 0 Å². The molecule has 1 unspecified atom stereocenters. The van der Waals surface area contributed by atoms with Crippen molar-refractivity contribution in [3.63, 3.8) is 0 Å². The molecular formula is C9H15N3OS. The van der Waals surface area contributed by atoms with E-state index in [1.807, 2.05) is 0 Å². The zero-order valence-corrected chi connectivity index (χ0v) is 9.27. The SMILES string of the molecule is CC1(C)CCC1Nc1nnc(CO)s1. The quantitative estimate of drug-likeness (QED) is 0.801. The fraction of sp³-hybridized carbons (Fsp3) is 0.778. The molecule has 0 radical (unpaired) electrons. The monoisotopic (exact) mass is 213 g/mol. The lowest BCUT2D eigenvalue weighted by Gasteiger charge is -2.44. The largest absolute Gasteiger partial charge is 0.389 e. The summed E-state index contributed by atoms with van der Waals surface area (Å²) in [6.45, 7) is 4.48. The summed E-state index contributed by atoms with van der Waals surface area (Å²) in [5.41, 5.74) is 0.366. The molecule has 0 aromatic carbocycles. The first kappa shape index (κ1) is 9.86. The van der Waals surface area contributed by atoms with Crippen molar-refractivity contribution >= 4 is 16.5 Å². The average Bonchev–Trinajstić information content (AvgIpc) is 2.60. The van der Waals surface area contributed by atoms with Gasteiger partial charge in [0.05, 0.1) is 6.61 Å². The van der Waals surface area contributed by atoms with Gasteiger partial charge in [-0.25, -0.2) is 0 Å². The van der Waals surface area contributed by atoms with Crippen LogP contribution in [0.4, 0.5) is 5.13 Å². The van der Waals surface area contributed by atoms with Gasteiger partial charge >= 0.3 is 0 Å². The number of hydrogen-bond donors (Lipinski definition) is 2. The van der Waals surface area contributed by atoms with Crippen LogP contribution in [0.15, 0.2) is 0 Å². The van der Waals surface area contributed by atoms with Gasteiger partial charge < -0.3 is 10.4 Å². The molecule has 0 spiro atoms. The van der Waals surface area contributed by atoms with Gasteiger partial charge in [0.15, 0.2) is 0 Å². The van der Waals surface area contributed by atoms with Crippen molar-refractivity contribution in [2.24, 2.45) is 5.41 Å². The molecule has 2 rings (SSSR count). The highest BCUT2D eigenvalue weighted by atomic mass is 32.1. The standard InChI is InChI=1S/C9H15N3OS/c1-9(2)4-3-6(9)10-8-12-11-7(5-13)14-8/h6,13H,3-5H2,1-2H3,(H,10,12). The Balaban J connectivity index is 1.97. The Kier molecular flexibility index (Phi) is 2.45. The molecule has 2 N–H and O–H groups in total. The first-order valence-corrected chi connectivity index (χ1v) is 5.63. The van der Waals surface area contributed by atoms with Crippen molar-refractivity contribution in [1.82, 2.24) is 10.2 Å². The third-order valence-corrected chi connectivity index (χ3v) is 3.76. The molecule has 0 aliphatic heterocycles. The molecule has 14 heavy (non-hydrogen) atoms. The van der Waals surface area contributed by atoms with Crippen LogP contribution in [0.3, 0.4) is 0 Å². The highest BCUT2D eigenvalue weighted by Gasteiger charge is 2.38. The first-order chi connectivity index (χ1) is 6.62. The van der Waals surface area contributed by atoms with Gasteiger partial charge in [0, 0.05) is 6.04 Å². The summed E-state index contributed by atoms with van der Waals surface area (Å²) in [4.78, 5) is 0. The second-order valence-corrected chi connectivity index (χ2v) is 5.45. The van der Waals surface area contributed by atoms with Gasteiger partial charge in [-0.05, 0) is 18.3 Å². The molecule has 1 heterocycles. The van der Waals surface area contributed by atoms with Crippen LogP contribution in [-0.2, 0) is 6.61 Å². The number of nitrogens with zero attached hydrogens (tertiary/aromatic N) is 2. The topological polar surface area (TPSA) is 58.0 Å². The van der Waals surface area contributed by atoms with Crippen LogP contribution in [-0.4, -0.2) is 21.3 Å². The van der Waals surface area contributed by atoms with E-state index in [9.17, 15) is 0 Å². The fourth-order valence-electron chi connectivity index (χ4n) is 1.66. The van der Waals surface area contributed by atoms with E-state index in [1.165, 1.54) is 24.2 Å². The van der Waals surface area contributed by atoms with Gasteiger partial charge in [-0.2, -0.15) is 0 Å². The minimum atomic E-state index is -0.0204. The number of aliphatic hydroxyl groups excluding tert-OH is 1. The predicted molar refractivity (Wildman–Crippen MR) is 56.3 cm³/mol.